The number of hydrogen-bond acceptors (Lipinski definition) is 1. The monoisotopic (exact) mass is 169 g/mol. The van der Waals surface area contributed by atoms with Gasteiger partial charge in [-0.25, -0.2) is 0 Å². The van der Waals surface area contributed by atoms with Crippen LogP contribution in [0, 0.1) is 11.3 Å². The van der Waals surface area contributed by atoms with Crippen molar-refractivity contribution in [1.29, 1.82) is 0 Å². The highest BCUT2D eigenvalue weighted by Crippen LogP contribution is 2.24. The third kappa shape index (κ3) is 4.10. The molecular weight excluding hydrogens is 146 g/mol. The van der Waals surface area contributed by atoms with Crippen molar-refractivity contribution in [2.75, 3.05) is 13.1 Å². The molecule has 0 radical (unpaired) electrons. The molecule has 0 aromatic rings. The molecule has 0 amide bonds. The van der Waals surface area contributed by atoms with E-state index in [0.29, 0.717) is 5.41 Å². The summed E-state index contributed by atoms with van der Waals surface area (Å²) in [7, 11) is 0. The quantitative estimate of drug-likeness (QED) is 0.685. The Morgan fingerprint density at radius 1 is 1.33 bits per heavy atom. The largest absolute Gasteiger partial charge is 0.316 e. The minimum absolute atomic E-state index is 0.534. The lowest BCUT2D eigenvalue weighted by atomic mass is 9.88. The maximum atomic E-state index is 3.42. The lowest BCUT2D eigenvalue weighted by Crippen LogP contribution is -2.10. The first-order valence-electron chi connectivity index (χ1n) is 5.29. The van der Waals surface area contributed by atoms with E-state index in [1.807, 2.05) is 0 Å². The van der Waals surface area contributed by atoms with E-state index in [0.717, 1.165) is 5.92 Å². The summed E-state index contributed by atoms with van der Waals surface area (Å²) < 4.78 is 0. The van der Waals surface area contributed by atoms with Crippen LogP contribution in [0.25, 0.3) is 0 Å². The average Bonchev–Trinajstić information content (AvgIpc) is 2.36. The van der Waals surface area contributed by atoms with Gasteiger partial charge < -0.3 is 5.32 Å². The molecule has 0 spiro atoms. The molecule has 12 heavy (non-hydrogen) atoms. The molecule has 0 aromatic heterocycles. The summed E-state index contributed by atoms with van der Waals surface area (Å²) in [6, 6.07) is 0. The zero-order valence-electron chi connectivity index (χ0n) is 8.82. The fourth-order valence-corrected chi connectivity index (χ4v) is 1.88. The Kier molecular flexibility index (Phi) is 3.57. The van der Waals surface area contributed by atoms with Gasteiger partial charge in [-0.05, 0) is 43.7 Å². The highest BCUT2D eigenvalue weighted by Gasteiger charge is 2.15. The first-order chi connectivity index (χ1) is 5.58. The van der Waals surface area contributed by atoms with Crippen molar-refractivity contribution < 1.29 is 0 Å². The van der Waals surface area contributed by atoms with Gasteiger partial charge in [-0.3, -0.25) is 0 Å². The molecule has 0 saturated carbocycles. The zero-order chi connectivity index (χ0) is 9.03. The second-order valence-electron chi connectivity index (χ2n) is 5.31. The molecule has 1 nitrogen and oxygen atoms in total. The first kappa shape index (κ1) is 10.0. The molecule has 1 unspecified atom stereocenters. The zero-order valence-corrected chi connectivity index (χ0v) is 8.82. The second kappa shape index (κ2) is 4.27. The van der Waals surface area contributed by atoms with Crippen LogP contribution in [0.2, 0.25) is 0 Å². The van der Waals surface area contributed by atoms with E-state index in [1.54, 1.807) is 0 Å². The van der Waals surface area contributed by atoms with Crippen LogP contribution in [0.1, 0.15) is 46.5 Å². The Balaban J connectivity index is 2.02. The Morgan fingerprint density at radius 2 is 2.08 bits per heavy atom. The van der Waals surface area contributed by atoms with E-state index in [9.17, 15) is 0 Å². The van der Waals surface area contributed by atoms with Crippen molar-refractivity contribution in [3.8, 4) is 0 Å². The summed E-state index contributed by atoms with van der Waals surface area (Å²) in [5.41, 5.74) is 0.534. The lowest BCUT2D eigenvalue weighted by Gasteiger charge is -2.18. The normalized spacial score (nSPS) is 24.8. The van der Waals surface area contributed by atoms with Crippen molar-refractivity contribution in [2.45, 2.75) is 46.5 Å². The minimum Gasteiger partial charge on any atom is -0.316 e. The van der Waals surface area contributed by atoms with Gasteiger partial charge in [0, 0.05) is 0 Å². The third-order valence-electron chi connectivity index (χ3n) is 2.70. The molecule has 1 saturated heterocycles. The molecular formula is C11H23N. The van der Waals surface area contributed by atoms with Gasteiger partial charge in [0.2, 0.25) is 0 Å². The van der Waals surface area contributed by atoms with Crippen molar-refractivity contribution in [3.05, 3.63) is 0 Å². The summed E-state index contributed by atoms with van der Waals surface area (Å²) in [6.45, 7) is 9.52. The Labute approximate surface area is 76.9 Å². The average molecular weight is 169 g/mol. The number of hydrogen-bond donors (Lipinski definition) is 1. The summed E-state index contributed by atoms with van der Waals surface area (Å²) in [5.74, 6) is 0.979. The van der Waals surface area contributed by atoms with Crippen molar-refractivity contribution >= 4 is 0 Å². The van der Waals surface area contributed by atoms with E-state index in [2.05, 4.69) is 26.1 Å². The molecule has 1 heteroatoms. The molecule has 0 bridgehead atoms. The lowest BCUT2D eigenvalue weighted by molar-refractivity contribution is 0.342. The van der Waals surface area contributed by atoms with Crippen molar-refractivity contribution in [2.24, 2.45) is 11.3 Å². The van der Waals surface area contributed by atoms with Crippen LogP contribution < -0.4 is 5.32 Å². The van der Waals surface area contributed by atoms with Gasteiger partial charge in [0.1, 0.15) is 0 Å². The van der Waals surface area contributed by atoms with Crippen LogP contribution in [0.4, 0.5) is 0 Å². The fourth-order valence-electron chi connectivity index (χ4n) is 1.88. The van der Waals surface area contributed by atoms with E-state index in [-0.39, 0.29) is 0 Å². The predicted molar refractivity (Wildman–Crippen MR) is 54.3 cm³/mol. The van der Waals surface area contributed by atoms with Crippen LogP contribution in [0.5, 0.6) is 0 Å². The van der Waals surface area contributed by atoms with Gasteiger partial charge in [-0.2, -0.15) is 0 Å². The summed E-state index contributed by atoms with van der Waals surface area (Å²) in [6.07, 6.45) is 5.63. The molecule has 1 rings (SSSR count). The van der Waals surface area contributed by atoms with Crippen LogP contribution in [0.3, 0.4) is 0 Å². The highest BCUT2D eigenvalue weighted by atomic mass is 14.9. The second-order valence-corrected chi connectivity index (χ2v) is 5.31. The first-order valence-corrected chi connectivity index (χ1v) is 5.29. The maximum absolute atomic E-state index is 3.42. The molecule has 1 aliphatic rings. The number of nitrogens with one attached hydrogen (secondary N) is 1. The van der Waals surface area contributed by atoms with Crippen LogP contribution >= 0.6 is 0 Å². The Bertz CT molecular complexity index is 117. The molecule has 0 aromatic carbocycles. The van der Waals surface area contributed by atoms with E-state index < -0.39 is 0 Å². The summed E-state index contributed by atoms with van der Waals surface area (Å²) in [5, 5.41) is 3.42. The highest BCUT2D eigenvalue weighted by molar-refractivity contribution is 4.72. The van der Waals surface area contributed by atoms with E-state index >= 15 is 0 Å². The van der Waals surface area contributed by atoms with Gasteiger partial charge in [0.05, 0.1) is 0 Å². The molecule has 0 aliphatic carbocycles. The molecule has 72 valence electrons. The molecule has 1 aliphatic heterocycles. The van der Waals surface area contributed by atoms with Crippen molar-refractivity contribution in [3.63, 3.8) is 0 Å². The van der Waals surface area contributed by atoms with Gasteiger partial charge in [-0.15, -0.1) is 0 Å². The van der Waals surface area contributed by atoms with Crippen LogP contribution in [-0.2, 0) is 0 Å². The molecule has 1 heterocycles. The predicted octanol–water partition coefficient (Wildman–Crippen LogP) is 2.81. The molecule has 1 atom stereocenters. The Hall–Kier alpha value is -0.0400. The third-order valence-corrected chi connectivity index (χ3v) is 2.70. The smallest absolute Gasteiger partial charge is 0.00200 e. The topological polar surface area (TPSA) is 12.0 Å². The van der Waals surface area contributed by atoms with E-state index in [1.165, 1.54) is 38.8 Å². The van der Waals surface area contributed by atoms with Gasteiger partial charge >= 0.3 is 0 Å². The van der Waals surface area contributed by atoms with Crippen molar-refractivity contribution in [1.82, 2.24) is 5.32 Å². The molecule has 1 N–H and O–H groups in total. The number of rotatable bonds is 3. The van der Waals surface area contributed by atoms with Crippen LogP contribution in [0.15, 0.2) is 0 Å². The minimum atomic E-state index is 0.534. The van der Waals surface area contributed by atoms with Gasteiger partial charge in [-0.1, -0.05) is 27.2 Å². The van der Waals surface area contributed by atoms with Crippen LogP contribution in [-0.4, -0.2) is 13.1 Å². The fraction of sp³-hybridized carbons (Fsp3) is 1.00. The molecule has 1 fully saturated rings. The van der Waals surface area contributed by atoms with Gasteiger partial charge in [0.25, 0.3) is 0 Å². The SMILES string of the molecule is CC(C)(C)CCCC1CCNC1. The van der Waals surface area contributed by atoms with E-state index in [4.69, 9.17) is 0 Å². The summed E-state index contributed by atoms with van der Waals surface area (Å²) >= 11 is 0. The maximum Gasteiger partial charge on any atom is -0.00200 e. The summed E-state index contributed by atoms with van der Waals surface area (Å²) in [4.78, 5) is 0. The standard InChI is InChI=1S/C11H23N/c1-11(2,3)7-4-5-10-6-8-12-9-10/h10,12H,4-9H2,1-3H3. The van der Waals surface area contributed by atoms with Gasteiger partial charge in [0.15, 0.2) is 0 Å². The Morgan fingerprint density at radius 3 is 2.58 bits per heavy atom.